The summed E-state index contributed by atoms with van der Waals surface area (Å²) in [5, 5.41) is 11.7. The van der Waals surface area contributed by atoms with Crippen LogP contribution < -0.4 is 5.56 Å². The molecule has 0 spiro atoms. The van der Waals surface area contributed by atoms with Crippen LogP contribution in [0.5, 0.6) is 0 Å². The second-order valence-corrected chi connectivity index (χ2v) is 4.41. The van der Waals surface area contributed by atoms with Crippen molar-refractivity contribution in [3.05, 3.63) is 28.1 Å². The summed E-state index contributed by atoms with van der Waals surface area (Å²) in [6.07, 6.45) is 1.72. The van der Waals surface area contributed by atoms with Gasteiger partial charge >= 0.3 is 0 Å². The summed E-state index contributed by atoms with van der Waals surface area (Å²) in [7, 11) is 0. The van der Waals surface area contributed by atoms with Gasteiger partial charge in [-0.05, 0) is 24.8 Å². The van der Waals surface area contributed by atoms with Crippen LogP contribution in [0, 0.1) is 0 Å². The van der Waals surface area contributed by atoms with Gasteiger partial charge in [-0.15, -0.1) is 11.3 Å². The SMILES string of the molecule is CC(O)CCn1cnc2sccc2c1=O. The van der Waals surface area contributed by atoms with E-state index in [0.717, 1.165) is 4.83 Å². The van der Waals surface area contributed by atoms with Gasteiger partial charge in [0, 0.05) is 6.54 Å². The van der Waals surface area contributed by atoms with Crippen molar-refractivity contribution < 1.29 is 5.11 Å². The highest BCUT2D eigenvalue weighted by Gasteiger charge is 2.05. The van der Waals surface area contributed by atoms with Crippen molar-refractivity contribution in [3.8, 4) is 0 Å². The second-order valence-electron chi connectivity index (χ2n) is 3.52. The van der Waals surface area contributed by atoms with Gasteiger partial charge in [-0.1, -0.05) is 0 Å². The minimum absolute atomic E-state index is 0.0260. The Balaban J connectivity index is 2.36. The average Bonchev–Trinajstić information content (AvgIpc) is 2.65. The van der Waals surface area contributed by atoms with Gasteiger partial charge in [-0.2, -0.15) is 0 Å². The molecule has 0 radical (unpaired) electrons. The number of nitrogens with zero attached hydrogens (tertiary/aromatic N) is 2. The summed E-state index contributed by atoms with van der Waals surface area (Å²) >= 11 is 1.46. The van der Waals surface area contributed by atoms with Crippen molar-refractivity contribution in [3.63, 3.8) is 0 Å². The molecule has 2 heterocycles. The third kappa shape index (κ3) is 2.08. The van der Waals surface area contributed by atoms with Crippen molar-refractivity contribution in [2.24, 2.45) is 0 Å². The van der Waals surface area contributed by atoms with Gasteiger partial charge in [0.2, 0.25) is 0 Å². The largest absolute Gasteiger partial charge is 0.393 e. The summed E-state index contributed by atoms with van der Waals surface area (Å²) in [4.78, 5) is 16.8. The lowest BCUT2D eigenvalue weighted by atomic mass is 10.3. The van der Waals surface area contributed by atoms with Crippen LogP contribution in [-0.4, -0.2) is 20.8 Å². The van der Waals surface area contributed by atoms with Gasteiger partial charge in [0.05, 0.1) is 17.8 Å². The molecule has 2 aromatic rings. The van der Waals surface area contributed by atoms with Crippen molar-refractivity contribution in [1.29, 1.82) is 0 Å². The molecule has 80 valence electrons. The van der Waals surface area contributed by atoms with Gasteiger partial charge < -0.3 is 5.11 Å². The second kappa shape index (κ2) is 4.12. The Bertz CT molecular complexity index is 515. The summed E-state index contributed by atoms with van der Waals surface area (Å²) in [5.41, 5.74) is -0.0260. The summed E-state index contributed by atoms with van der Waals surface area (Å²) in [6.45, 7) is 2.22. The maximum Gasteiger partial charge on any atom is 0.262 e. The van der Waals surface area contributed by atoms with Crippen LogP contribution in [0.4, 0.5) is 0 Å². The topological polar surface area (TPSA) is 55.1 Å². The highest BCUT2D eigenvalue weighted by Crippen LogP contribution is 2.13. The first-order valence-electron chi connectivity index (χ1n) is 4.79. The Morgan fingerprint density at radius 3 is 3.20 bits per heavy atom. The number of hydrogen-bond acceptors (Lipinski definition) is 4. The van der Waals surface area contributed by atoms with E-state index in [1.165, 1.54) is 11.3 Å². The molecule has 5 heteroatoms. The van der Waals surface area contributed by atoms with E-state index in [9.17, 15) is 4.79 Å². The van der Waals surface area contributed by atoms with Crippen LogP contribution in [0.25, 0.3) is 10.2 Å². The number of hydrogen-bond donors (Lipinski definition) is 1. The molecule has 0 aliphatic rings. The molecule has 15 heavy (non-hydrogen) atoms. The van der Waals surface area contributed by atoms with E-state index in [0.29, 0.717) is 18.4 Å². The first kappa shape index (κ1) is 10.3. The summed E-state index contributed by atoms with van der Waals surface area (Å²) < 4.78 is 1.54. The van der Waals surface area contributed by atoms with Crippen LogP contribution in [0.3, 0.4) is 0 Å². The van der Waals surface area contributed by atoms with Crippen molar-refractivity contribution >= 4 is 21.6 Å². The molecule has 0 aromatic carbocycles. The minimum Gasteiger partial charge on any atom is -0.393 e. The lowest BCUT2D eigenvalue weighted by Crippen LogP contribution is -2.21. The number of aliphatic hydroxyl groups is 1. The van der Waals surface area contributed by atoms with Gasteiger partial charge in [0.15, 0.2) is 0 Å². The van der Waals surface area contributed by atoms with Gasteiger partial charge in [0.1, 0.15) is 4.83 Å². The van der Waals surface area contributed by atoms with Gasteiger partial charge in [-0.25, -0.2) is 4.98 Å². The summed E-state index contributed by atoms with van der Waals surface area (Å²) in [6, 6.07) is 1.79. The molecule has 0 bridgehead atoms. The van der Waals surface area contributed by atoms with E-state index in [1.807, 2.05) is 5.38 Å². The zero-order valence-electron chi connectivity index (χ0n) is 8.38. The number of aryl methyl sites for hydroxylation is 1. The molecule has 1 unspecified atom stereocenters. The maximum atomic E-state index is 11.9. The van der Waals surface area contributed by atoms with Crippen molar-refractivity contribution in [2.45, 2.75) is 26.0 Å². The Labute approximate surface area is 90.8 Å². The van der Waals surface area contributed by atoms with Crippen LogP contribution in [0.1, 0.15) is 13.3 Å². The standard InChI is InChI=1S/C10H12N2O2S/c1-7(13)2-4-12-6-11-9-8(10(12)14)3-5-15-9/h3,5-7,13H,2,4H2,1H3. The number of fused-ring (bicyclic) bond motifs is 1. The molecule has 0 aliphatic carbocycles. The van der Waals surface area contributed by atoms with Gasteiger partial charge in [0.25, 0.3) is 5.56 Å². The van der Waals surface area contributed by atoms with E-state index < -0.39 is 6.10 Å². The third-order valence-electron chi connectivity index (χ3n) is 2.24. The number of rotatable bonds is 3. The van der Waals surface area contributed by atoms with E-state index >= 15 is 0 Å². The zero-order chi connectivity index (χ0) is 10.8. The lowest BCUT2D eigenvalue weighted by molar-refractivity contribution is 0.177. The van der Waals surface area contributed by atoms with Crippen LogP contribution in [0.15, 0.2) is 22.6 Å². The van der Waals surface area contributed by atoms with Crippen LogP contribution in [-0.2, 0) is 6.54 Å². The number of aromatic nitrogens is 2. The Kier molecular flexibility index (Phi) is 2.83. The molecule has 0 saturated carbocycles. The van der Waals surface area contributed by atoms with Gasteiger partial charge in [-0.3, -0.25) is 9.36 Å². The zero-order valence-corrected chi connectivity index (χ0v) is 9.20. The first-order valence-corrected chi connectivity index (χ1v) is 5.67. The van der Waals surface area contributed by atoms with Crippen LogP contribution >= 0.6 is 11.3 Å². The molecule has 0 amide bonds. The quantitative estimate of drug-likeness (QED) is 0.853. The summed E-state index contributed by atoms with van der Waals surface area (Å²) in [5.74, 6) is 0. The first-order chi connectivity index (χ1) is 7.18. The molecule has 0 aliphatic heterocycles. The fourth-order valence-corrected chi connectivity index (χ4v) is 2.10. The fraction of sp³-hybridized carbons (Fsp3) is 0.400. The fourth-order valence-electron chi connectivity index (χ4n) is 1.38. The Hall–Kier alpha value is -1.20. The van der Waals surface area contributed by atoms with Crippen LogP contribution in [0.2, 0.25) is 0 Å². The molecular formula is C10H12N2O2S. The predicted octanol–water partition coefficient (Wildman–Crippen LogP) is 1.23. The van der Waals surface area contributed by atoms with Crippen molar-refractivity contribution in [1.82, 2.24) is 9.55 Å². The molecular weight excluding hydrogens is 212 g/mol. The molecule has 1 N–H and O–H groups in total. The minimum atomic E-state index is -0.393. The Morgan fingerprint density at radius 2 is 2.47 bits per heavy atom. The van der Waals surface area contributed by atoms with E-state index in [2.05, 4.69) is 4.98 Å². The van der Waals surface area contributed by atoms with E-state index in [-0.39, 0.29) is 5.56 Å². The molecule has 0 saturated heterocycles. The number of aliphatic hydroxyl groups excluding tert-OH is 1. The average molecular weight is 224 g/mol. The smallest absolute Gasteiger partial charge is 0.262 e. The highest BCUT2D eigenvalue weighted by molar-refractivity contribution is 7.16. The van der Waals surface area contributed by atoms with E-state index in [4.69, 9.17) is 5.11 Å². The normalized spacial score (nSPS) is 13.2. The highest BCUT2D eigenvalue weighted by atomic mass is 32.1. The predicted molar refractivity (Wildman–Crippen MR) is 60.2 cm³/mol. The number of thiophene rings is 1. The monoisotopic (exact) mass is 224 g/mol. The molecule has 0 fully saturated rings. The third-order valence-corrected chi connectivity index (χ3v) is 3.06. The molecule has 2 aromatic heterocycles. The molecule has 1 atom stereocenters. The maximum absolute atomic E-state index is 11.9. The molecule has 2 rings (SSSR count). The molecule has 4 nitrogen and oxygen atoms in total. The van der Waals surface area contributed by atoms with E-state index in [1.54, 1.807) is 23.9 Å². The Morgan fingerprint density at radius 1 is 1.67 bits per heavy atom. The lowest BCUT2D eigenvalue weighted by Gasteiger charge is -2.06. The van der Waals surface area contributed by atoms with Crippen molar-refractivity contribution in [2.75, 3.05) is 0 Å².